The third-order valence-electron chi connectivity index (χ3n) is 7.17. The lowest BCUT2D eigenvalue weighted by Gasteiger charge is -2.30. The summed E-state index contributed by atoms with van der Waals surface area (Å²) in [6.45, 7) is 8.85. The summed E-state index contributed by atoms with van der Waals surface area (Å²) in [4.78, 5) is 3.71. The fourth-order valence-electron chi connectivity index (χ4n) is 4.93. The van der Waals surface area contributed by atoms with Crippen LogP contribution in [0.2, 0.25) is 0 Å². The monoisotopic (exact) mass is 649 g/mol. The van der Waals surface area contributed by atoms with Gasteiger partial charge in [0.1, 0.15) is 0 Å². The number of benzene rings is 3. The minimum Gasteiger partial charge on any atom is -0.299 e. The van der Waals surface area contributed by atoms with Crippen LogP contribution in [-0.4, -0.2) is 75.9 Å². The number of halogens is 1. The maximum atomic E-state index is 13.8. The molecule has 0 bridgehead atoms. The van der Waals surface area contributed by atoms with Gasteiger partial charge in [-0.25, -0.2) is 16.8 Å². The van der Waals surface area contributed by atoms with Crippen LogP contribution in [0.4, 0.5) is 0 Å². The molecule has 4 rings (SSSR count). The third-order valence-corrected chi connectivity index (χ3v) is 11.6. The molecule has 0 aliphatic carbocycles. The summed E-state index contributed by atoms with van der Waals surface area (Å²) in [7, 11) is -7.62. The molecule has 42 heavy (non-hydrogen) atoms. The van der Waals surface area contributed by atoms with Gasteiger partial charge in [0.25, 0.3) is 0 Å². The molecule has 11 heteroatoms. The highest BCUT2D eigenvalue weighted by molar-refractivity contribution is 7.98. The molecule has 1 heterocycles. The molecule has 0 unspecified atom stereocenters. The summed E-state index contributed by atoms with van der Waals surface area (Å²) in [6, 6.07) is 23.8. The van der Waals surface area contributed by atoms with Crippen LogP contribution in [-0.2, 0) is 26.6 Å². The quantitative estimate of drug-likeness (QED) is 0.242. The van der Waals surface area contributed by atoms with E-state index in [2.05, 4.69) is 23.6 Å². The Morgan fingerprint density at radius 3 is 1.67 bits per heavy atom. The number of rotatable bonds is 7. The van der Waals surface area contributed by atoms with Crippen molar-refractivity contribution in [2.45, 2.75) is 41.0 Å². The first-order valence-corrected chi connectivity index (χ1v) is 17.8. The lowest BCUT2D eigenvalue weighted by atomic mass is 10.2. The largest absolute Gasteiger partial charge is 0.299 e. The van der Waals surface area contributed by atoms with Gasteiger partial charge < -0.3 is 0 Å². The van der Waals surface area contributed by atoms with Crippen molar-refractivity contribution in [3.63, 3.8) is 0 Å². The number of sulfonamides is 2. The second-order valence-corrected chi connectivity index (χ2v) is 15.1. The first-order chi connectivity index (χ1) is 19.6. The molecule has 0 spiro atoms. The molecule has 3 aromatic carbocycles. The minimum atomic E-state index is -3.82. The van der Waals surface area contributed by atoms with Crippen LogP contribution in [0.3, 0.4) is 0 Å². The number of nitrogens with zero attached hydrogens (tertiary/aromatic N) is 3. The number of aryl methyl sites for hydroxylation is 1. The molecular formula is C31H40ClN3O4S3. The van der Waals surface area contributed by atoms with E-state index in [4.69, 9.17) is 0 Å². The highest BCUT2D eigenvalue weighted by Crippen LogP contribution is 2.24. The molecule has 0 amide bonds. The third kappa shape index (κ3) is 8.92. The summed E-state index contributed by atoms with van der Waals surface area (Å²) < 4.78 is 57.9. The Labute approximate surface area is 262 Å². The van der Waals surface area contributed by atoms with E-state index < -0.39 is 20.0 Å². The minimum absolute atomic E-state index is 0. The van der Waals surface area contributed by atoms with E-state index in [9.17, 15) is 16.8 Å². The highest BCUT2D eigenvalue weighted by Gasteiger charge is 2.29. The van der Waals surface area contributed by atoms with Gasteiger partial charge in [-0.2, -0.15) is 8.61 Å². The van der Waals surface area contributed by atoms with Gasteiger partial charge in [0.2, 0.25) is 20.0 Å². The zero-order chi connectivity index (χ0) is 29.5. The SMILES string of the molecule is C=C1CN(S(=O)(=O)c2ccc(C)cc2)CCCN(Cc2ccccc2)CCCN(S(=O)(=O)c2ccc(SC)cc2)C1.Cl. The van der Waals surface area contributed by atoms with E-state index in [0.29, 0.717) is 51.1 Å². The molecule has 3 aromatic rings. The molecule has 0 N–H and O–H groups in total. The lowest BCUT2D eigenvalue weighted by Crippen LogP contribution is -2.41. The standard InChI is InChI=1S/C31H39N3O4S3.ClH/c1-26-11-15-30(16-12-26)40(35,36)33-21-7-19-32(25-28-9-5-4-6-10-28)20-8-22-34(24-27(2)23-33)41(37,38)31-17-13-29(39-3)14-18-31;/h4-6,9-18H,2,7-8,19-25H2,1,3H3;1H. The fourth-order valence-corrected chi connectivity index (χ4v) is 8.33. The smallest absolute Gasteiger partial charge is 0.243 e. The van der Waals surface area contributed by atoms with Crippen molar-refractivity contribution in [2.75, 3.05) is 45.5 Å². The maximum Gasteiger partial charge on any atom is 0.243 e. The van der Waals surface area contributed by atoms with Gasteiger partial charge in [0, 0.05) is 37.6 Å². The van der Waals surface area contributed by atoms with Crippen molar-refractivity contribution in [3.05, 3.63) is 102 Å². The van der Waals surface area contributed by atoms with E-state index in [1.807, 2.05) is 31.4 Å². The van der Waals surface area contributed by atoms with Gasteiger partial charge in [-0.3, -0.25) is 4.90 Å². The van der Waals surface area contributed by atoms with Crippen molar-refractivity contribution < 1.29 is 16.8 Å². The van der Waals surface area contributed by atoms with Crippen molar-refractivity contribution in [1.82, 2.24) is 13.5 Å². The van der Waals surface area contributed by atoms with E-state index >= 15 is 0 Å². The topological polar surface area (TPSA) is 78.0 Å². The van der Waals surface area contributed by atoms with Gasteiger partial charge >= 0.3 is 0 Å². The Kier molecular flexibility index (Phi) is 12.7. The van der Waals surface area contributed by atoms with Crippen molar-refractivity contribution in [3.8, 4) is 0 Å². The zero-order valence-electron chi connectivity index (χ0n) is 24.2. The molecule has 0 atom stereocenters. The molecule has 228 valence electrons. The van der Waals surface area contributed by atoms with Gasteiger partial charge in [-0.05, 0) is 86.6 Å². The highest BCUT2D eigenvalue weighted by atomic mass is 35.5. The second-order valence-electron chi connectivity index (χ2n) is 10.4. The van der Waals surface area contributed by atoms with E-state index in [0.717, 1.165) is 16.0 Å². The Morgan fingerprint density at radius 2 is 1.19 bits per heavy atom. The normalized spacial score (nSPS) is 17.1. The maximum absolute atomic E-state index is 13.8. The van der Waals surface area contributed by atoms with Gasteiger partial charge in [-0.15, -0.1) is 24.2 Å². The number of hydrogen-bond acceptors (Lipinski definition) is 6. The predicted octanol–water partition coefficient (Wildman–Crippen LogP) is 5.67. The van der Waals surface area contributed by atoms with Gasteiger partial charge in [0.05, 0.1) is 9.79 Å². The van der Waals surface area contributed by atoms with Crippen LogP contribution in [0.15, 0.2) is 106 Å². The first kappa shape index (κ1) is 34.3. The average molecular weight is 650 g/mol. The van der Waals surface area contributed by atoms with Crippen LogP contribution >= 0.6 is 24.2 Å². The Balaban J connectivity index is 0.00000484. The van der Waals surface area contributed by atoms with Crippen LogP contribution in [0.1, 0.15) is 24.0 Å². The van der Waals surface area contributed by atoms with Gasteiger partial charge in [0.15, 0.2) is 0 Å². The second kappa shape index (κ2) is 15.5. The average Bonchev–Trinajstić information content (AvgIpc) is 2.96. The Bertz CT molecular complexity index is 1520. The Hall–Kier alpha value is -2.18. The molecule has 1 aliphatic rings. The van der Waals surface area contributed by atoms with Crippen molar-refractivity contribution in [2.24, 2.45) is 0 Å². The van der Waals surface area contributed by atoms with Crippen LogP contribution in [0.5, 0.6) is 0 Å². The molecule has 0 aromatic heterocycles. The molecule has 0 saturated carbocycles. The molecule has 7 nitrogen and oxygen atoms in total. The molecule has 1 fully saturated rings. The van der Waals surface area contributed by atoms with E-state index in [1.54, 1.807) is 60.3 Å². The summed E-state index contributed by atoms with van der Waals surface area (Å²) in [5, 5.41) is 0. The molecule has 1 saturated heterocycles. The summed E-state index contributed by atoms with van der Waals surface area (Å²) in [5.41, 5.74) is 2.67. The molecule has 0 radical (unpaired) electrons. The van der Waals surface area contributed by atoms with E-state index in [1.165, 1.54) is 8.61 Å². The predicted molar refractivity (Wildman–Crippen MR) is 174 cm³/mol. The fraction of sp³-hybridized carbons (Fsp3) is 0.355. The van der Waals surface area contributed by atoms with Gasteiger partial charge in [-0.1, -0.05) is 54.6 Å². The molecular weight excluding hydrogens is 610 g/mol. The van der Waals surface area contributed by atoms with Crippen LogP contribution < -0.4 is 0 Å². The molecule has 1 aliphatic heterocycles. The first-order valence-electron chi connectivity index (χ1n) is 13.7. The van der Waals surface area contributed by atoms with E-state index in [-0.39, 0.29) is 35.3 Å². The van der Waals surface area contributed by atoms with Crippen molar-refractivity contribution >= 4 is 44.2 Å². The van der Waals surface area contributed by atoms with Crippen molar-refractivity contribution in [1.29, 1.82) is 0 Å². The zero-order valence-corrected chi connectivity index (χ0v) is 27.5. The summed E-state index contributed by atoms with van der Waals surface area (Å²) >= 11 is 1.55. The Morgan fingerprint density at radius 1 is 0.714 bits per heavy atom. The summed E-state index contributed by atoms with van der Waals surface area (Å²) in [5.74, 6) is 0. The lowest BCUT2D eigenvalue weighted by molar-refractivity contribution is 0.238. The number of hydrogen-bond donors (Lipinski definition) is 0. The summed E-state index contributed by atoms with van der Waals surface area (Å²) in [6.07, 6.45) is 3.24. The van der Waals surface area contributed by atoms with Crippen LogP contribution in [0.25, 0.3) is 0 Å². The van der Waals surface area contributed by atoms with Crippen LogP contribution in [0, 0.1) is 6.92 Å². The number of thioether (sulfide) groups is 1.